The van der Waals surface area contributed by atoms with Crippen LogP contribution in [0.3, 0.4) is 0 Å². The molecule has 1 saturated heterocycles. The summed E-state index contributed by atoms with van der Waals surface area (Å²) in [4.78, 5) is 27.2. The molecule has 4 rings (SSSR count). The van der Waals surface area contributed by atoms with Crippen molar-refractivity contribution < 1.29 is 22.4 Å². The van der Waals surface area contributed by atoms with Crippen LogP contribution in [0.5, 0.6) is 0 Å². The Morgan fingerprint density at radius 1 is 0.935 bits per heavy atom. The van der Waals surface area contributed by atoms with E-state index in [9.17, 15) is 22.4 Å². The molecule has 1 aliphatic heterocycles. The van der Waals surface area contributed by atoms with Crippen LogP contribution in [0.2, 0.25) is 0 Å². The minimum atomic E-state index is -4.10. The second-order valence-electron chi connectivity index (χ2n) is 7.84. The van der Waals surface area contributed by atoms with Crippen LogP contribution in [-0.4, -0.2) is 36.6 Å². The largest absolute Gasteiger partial charge is 0.274 e. The van der Waals surface area contributed by atoms with E-state index in [1.165, 1.54) is 16.4 Å². The highest BCUT2D eigenvalue weighted by molar-refractivity contribution is 14.1. The highest BCUT2D eigenvalue weighted by Gasteiger charge is 2.49. The summed E-state index contributed by atoms with van der Waals surface area (Å²) in [7, 11) is -4.10. The molecule has 1 unspecified atom stereocenters. The molecule has 9 heteroatoms. The van der Waals surface area contributed by atoms with Gasteiger partial charge in [0, 0.05) is 9.61 Å². The third-order valence-electron chi connectivity index (χ3n) is 5.84. The van der Waals surface area contributed by atoms with Crippen molar-refractivity contribution in [3.05, 3.63) is 57.9 Å². The summed E-state index contributed by atoms with van der Waals surface area (Å²) in [6.07, 6.45) is 3.77. The number of anilines is 1. The van der Waals surface area contributed by atoms with Crippen molar-refractivity contribution in [2.75, 3.05) is 4.90 Å². The fourth-order valence-electron chi connectivity index (χ4n) is 4.36. The predicted octanol–water partition coefficient (Wildman–Crippen LogP) is 4.09. The molecule has 0 bridgehead atoms. The van der Waals surface area contributed by atoms with Crippen molar-refractivity contribution in [2.45, 2.75) is 55.5 Å². The van der Waals surface area contributed by atoms with Gasteiger partial charge in [0.2, 0.25) is 15.9 Å². The monoisotopic (exact) mass is 556 g/mol. The summed E-state index contributed by atoms with van der Waals surface area (Å²) in [5.74, 6) is -1.51. The van der Waals surface area contributed by atoms with Crippen molar-refractivity contribution in [1.29, 1.82) is 0 Å². The Morgan fingerprint density at radius 3 is 2.16 bits per heavy atom. The van der Waals surface area contributed by atoms with Crippen LogP contribution in [0.15, 0.2) is 53.4 Å². The molecule has 2 aromatic rings. The van der Waals surface area contributed by atoms with Gasteiger partial charge in [0.15, 0.2) is 0 Å². The molecule has 2 fully saturated rings. The third kappa shape index (κ3) is 4.40. The van der Waals surface area contributed by atoms with Gasteiger partial charge in [0.05, 0.1) is 17.0 Å². The first-order chi connectivity index (χ1) is 14.8. The third-order valence-corrected chi connectivity index (χ3v) is 8.53. The lowest BCUT2D eigenvalue weighted by Gasteiger charge is -2.36. The smallest absolute Gasteiger partial charge is 0.252 e. The number of hydrogen-bond donors (Lipinski definition) is 0. The topological polar surface area (TPSA) is 74.8 Å². The molecule has 0 spiro atoms. The quantitative estimate of drug-likeness (QED) is 0.411. The molecule has 6 nitrogen and oxygen atoms in total. The number of carbonyl (C=O) groups is 2. The molecular weight excluding hydrogens is 534 g/mol. The summed E-state index contributed by atoms with van der Waals surface area (Å²) in [6, 6.07) is 10.1. The molecule has 2 amide bonds. The minimum absolute atomic E-state index is 0.0764. The first-order valence-corrected chi connectivity index (χ1v) is 12.7. The Labute approximate surface area is 194 Å². The van der Waals surface area contributed by atoms with Crippen LogP contribution in [0.4, 0.5) is 10.1 Å². The van der Waals surface area contributed by atoms with Crippen molar-refractivity contribution in [2.24, 2.45) is 0 Å². The first-order valence-electron chi connectivity index (χ1n) is 10.2. The van der Waals surface area contributed by atoms with Gasteiger partial charge < -0.3 is 0 Å². The zero-order chi connectivity index (χ0) is 22.2. The van der Waals surface area contributed by atoms with Gasteiger partial charge in [0.25, 0.3) is 5.91 Å². The average molecular weight is 556 g/mol. The Morgan fingerprint density at radius 2 is 1.55 bits per heavy atom. The number of hydrogen-bond acceptors (Lipinski definition) is 4. The number of rotatable bonds is 5. The first kappa shape index (κ1) is 22.3. The van der Waals surface area contributed by atoms with Gasteiger partial charge in [0.1, 0.15) is 11.9 Å². The number of carbonyl (C=O) groups excluding carboxylic acids is 2. The summed E-state index contributed by atoms with van der Waals surface area (Å²) in [5, 5.41) is 0. The highest BCUT2D eigenvalue weighted by atomic mass is 127. The lowest BCUT2D eigenvalue weighted by molar-refractivity contribution is -0.122. The van der Waals surface area contributed by atoms with E-state index in [0.717, 1.165) is 39.9 Å². The second-order valence-corrected chi connectivity index (χ2v) is 10.9. The molecule has 31 heavy (non-hydrogen) atoms. The number of benzene rings is 2. The van der Waals surface area contributed by atoms with E-state index in [2.05, 4.69) is 22.6 Å². The summed E-state index contributed by atoms with van der Waals surface area (Å²) < 4.78 is 42.8. The zero-order valence-corrected chi connectivity index (χ0v) is 19.7. The molecule has 2 aliphatic rings. The van der Waals surface area contributed by atoms with Gasteiger partial charge in [-0.3, -0.25) is 9.59 Å². The summed E-state index contributed by atoms with van der Waals surface area (Å²) in [6.45, 7) is 0. The number of sulfonamides is 1. The SMILES string of the molecule is O=C1CC(N(C2CCCCC2)S(=O)(=O)c2ccc(F)cc2)C(=O)N1c1ccc(I)cc1. The van der Waals surface area contributed by atoms with Crippen LogP contribution in [0.25, 0.3) is 0 Å². The maximum atomic E-state index is 13.6. The van der Waals surface area contributed by atoms with Crippen molar-refractivity contribution in [1.82, 2.24) is 4.31 Å². The molecule has 1 aliphatic carbocycles. The zero-order valence-electron chi connectivity index (χ0n) is 16.7. The maximum absolute atomic E-state index is 13.6. The van der Waals surface area contributed by atoms with Crippen molar-refractivity contribution in [3.63, 3.8) is 0 Å². The number of amides is 2. The van der Waals surface area contributed by atoms with Gasteiger partial charge in [-0.15, -0.1) is 0 Å². The van der Waals surface area contributed by atoms with Gasteiger partial charge in [-0.05, 0) is 84.0 Å². The van der Waals surface area contributed by atoms with Crippen molar-refractivity contribution in [3.8, 4) is 0 Å². The van der Waals surface area contributed by atoms with E-state index in [0.29, 0.717) is 18.5 Å². The van der Waals surface area contributed by atoms with E-state index >= 15 is 0 Å². The highest BCUT2D eigenvalue weighted by Crippen LogP contribution is 2.35. The average Bonchev–Trinajstić information content (AvgIpc) is 3.03. The normalized spacial score (nSPS) is 20.6. The fraction of sp³-hybridized carbons (Fsp3) is 0.364. The Bertz CT molecular complexity index is 1080. The van der Waals surface area contributed by atoms with Crippen molar-refractivity contribution >= 4 is 50.1 Å². The van der Waals surface area contributed by atoms with E-state index in [1.54, 1.807) is 24.3 Å². The van der Waals surface area contributed by atoms with Gasteiger partial charge in [-0.1, -0.05) is 19.3 Å². The van der Waals surface area contributed by atoms with Crippen LogP contribution in [-0.2, 0) is 19.6 Å². The molecule has 1 heterocycles. The van der Waals surface area contributed by atoms with E-state index in [4.69, 9.17) is 0 Å². The Kier molecular flexibility index (Phi) is 6.45. The standard InChI is InChI=1S/C22H22FIN2O4S/c23-15-6-12-19(13-7-15)31(29,30)26(18-4-2-1-3-5-18)20-14-21(27)25(22(20)28)17-10-8-16(24)9-11-17/h6-13,18,20H,1-5,14H2. The van der Waals surface area contributed by atoms with Gasteiger partial charge in [-0.25, -0.2) is 17.7 Å². The predicted molar refractivity (Wildman–Crippen MR) is 122 cm³/mol. The fourth-order valence-corrected chi connectivity index (χ4v) is 6.54. The van der Waals surface area contributed by atoms with Crippen LogP contribution < -0.4 is 4.90 Å². The van der Waals surface area contributed by atoms with E-state index in [-0.39, 0.29) is 17.4 Å². The lowest BCUT2D eigenvalue weighted by atomic mass is 9.94. The number of halogens is 2. The molecule has 2 aromatic carbocycles. The Balaban J connectivity index is 1.73. The lowest BCUT2D eigenvalue weighted by Crippen LogP contribution is -2.51. The van der Waals surface area contributed by atoms with Crippen LogP contribution in [0, 0.1) is 9.39 Å². The second kappa shape index (κ2) is 8.95. The van der Waals surface area contributed by atoms with Gasteiger partial charge >= 0.3 is 0 Å². The molecule has 164 valence electrons. The molecule has 1 atom stereocenters. The van der Waals surface area contributed by atoms with Gasteiger partial charge in [-0.2, -0.15) is 4.31 Å². The van der Waals surface area contributed by atoms with E-state index in [1.807, 2.05) is 0 Å². The number of imide groups is 1. The number of nitrogens with zero attached hydrogens (tertiary/aromatic N) is 2. The van der Waals surface area contributed by atoms with Crippen LogP contribution in [0.1, 0.15) is 38.5 Å². The molecule has 0 aromatic heterocycles. The summed E-state index contributed by atoms with van der Waals surface area (Å²) in [5.41, 5.74) is 0.431. The molecule has 0 N–H and O–H groups in total. The molecular formula is C22H22FIN2O4S. The molecule has 0 radical (unpaired) electrons. The van der Waals surface area contributed by atoms with E-state index < -0.39 is 33.7 Å². The maximum Gasteiger partial charge on any atom is 0.252 e. The minimum Gasteiger partial charge on any atom is -0.274 e. The summed E-state index contributed by atoms with van der Waals surface area (Å²) >= 11 is 2.13. The van der Waals surface area contributed by atoms with Crippen LogP contribution >= 0.6 is 22.6 Å². The Hall–Kier alpha value is -1.85. The molecule has 1 saturated carbocycles.